The van der Waals surface area contributed by atoms with Crippen LogP contribution in [0.2, 0.25) is 5.02 Å². The van der Waals surface area contributed by atoms with E-state index in [2.05, 4.69) is 25.2 Å². The molecule has 1 N–H and O–H groups in total. The van der Waals surface area contributed by atoms with Gasteiger partial charge in [0.05, 0.1) is 7.11 Å². The first kappa shape index (κ1) is 15.3. The number of methoxy groups -OCH3 is 1. The summed E-state index contributed by atoms with van der Waals surface area (Å²) in [5.41, 5.74) is 1.18. The smallest absolute Gasteiger partial charge is 0.120 e. The molecular weight excluding hydrogens is 246 g/mol. The highest BCUT2D eigenvalue weighted by molar-refractivity contribution is 6.31. The monoisotopic (exact) mass is 269 g/mol. The number of hydrogen-bond acceptors (Lipinski definition) is 2. The predicted octanol–water partition coefficient (Wildman–Crippen LogP) is 4.58. The molecule has 0 saturated carbocycles. The summed E-state index contributed by atoms with van der Waals surface area (Å²) in [4.78, 5) is 0. The van der Waals surface area contributed by atoms with Crippen molar-refractivity contribution in [3.63, 3.8) is 0 Å². The van der Waals surface area contributed by atoms with Gasteiger partial charge in [-0.05, 0) is 37.1 Å². The van der Waals surface area contributed by atoms with Crippen LogP contribution in [0.1, 0.15) is 51.1 Å². The number of hydrogen-bond donors (Lipinski definition) is 1. The summed E-state index contributed by atoms with van der Waals surface area (Å²) in [5.74, 6) is 0.813. The summed E-state index contributed by atoms with van der Waals surface area (Å²) in [6, 6.07) is 6.30. The van der Waals surface area contributed by atoms with Crippen molar-refractivity contribution in [2.75, 3.05) is 13.7 Å². The van der Waals surface area contributed by atoms with E-state index in [1.54, 1.807) is 7.11 Å². The molecule has 18 heavy (non-hydrogen) atoms. The zero-order valence-electron chi connectivity index (χ0n) is 11.6. The van der Waals surface area contributed by atoms with Crippen molar-refractivity contribution in [3.8, 4) is 5.75 Å². The molecule has 0 amide bonds. The van der Waals surface area contributed by atoms with Gasteiger partial charge in [0.25, 0.3) is 0 Å². The van der Waals surface area contributed by atoms with Crippen LogP contribution in [0, 0.1) is 0 Å². The Morgan fingerprint density at radius 3 is 2.61 bits per heavy atom. The number of ether oxygens (including phenoxy) is 1. The zero-order valence-corrected chi connectivity index (χ0v) is 12.4. The lowest BCUT2D eigenvalue weighted by Crippen LogP contribution is -2.22. The molecule has 1 rings (SSSR count). The van der Waals surface area contributed by atoms with Crippen molar-refractivity contribution < 1.29 is 4.74 Å². The molecule has 1 aromatic carbocycles. The van der Waals surface area contributed by atoms with Crippen LogP contribution in [-0.2, 0) is 0 Å². The number of nitrogens with one attached hydrogen (secondary N) is 1. The molecule has 0 aromatic heterocycles. The lowest BCUT2D eigenvalue weighted by molar-refractivity contribution is 0.414. The van der Waals surface area contributed by atoms with Crippen molar-refractivity contribution >= 4 is 11.6 Å². The molecule has 0 aliphatic carbocycles. The first-order valence-electron chi connectivity index (χ1n) is 6.79. The van der Waals surface area contributed by atoms with E-state index >= 15 is 0 Å². The SMILES string of the molecule is CCCCC(NCCC)c1ccc(OC)cc1Cl. The molecule has 1 aromatic rings. The first-order valence-corrected chi connectivity index (χ1v) is 7.17. The predicted molar refractivity (Wildman–Crippen MR) is 78.6 cm³/mol. The molecule has 1 unspecified atom stereocenters. The van der Waals surface area contributed by atoms with Crippen LogP contribution in [0.3, 0.4) is 0 Å². The molecule has 0 saturated heterocycles. The average Bonchev–Trinajstić information content (AvgIpc) is 2.39. The topological polar surface area (TPSA) is 21.3 Å². The fourth-order valence-electron chi connectivity index (χ4n) is 2.01. The summed E-state index contributed by atoms with van der Waals surface area (Å²) < 4.78 is 5.19. The summed E-state index contributed by atoms with van der Waals surface area (Å²) in [5, 5.41) is 4.36. The number of unbranched alkanes of at least 4 members (excludes halogenated alkanes) is 1. The Bertz CT molecular complexity index is 346. The molecule has 3 heteroatoms. The van der Waals surface area contributed by atoms with Gasteiger partial charge in [-0.2, -0.15) is 0 Å². The number of benzene rings is 1. The Kier molecular flexibility index (Phi) is 7.14. The summed E-state index contributed by atoms with van der Waals surface area (Å²) >= 11 is 6.34. The summed E-state index contributed by atoms with van der Waals surface area (Å²) in [6.45, 7) is 5.42. The van der Waals surface area contributed by atoms with Crippen molar-refractivity contribution in [1.29, 1.82) is 0 Å². The second-order valence-corrected chi connectivity index (χ2v) is 4.94. The molecule has 2 nitrogen and oxygen atoms in total. The third-order valence-electron chi connectivity index (χ3n) is 3.07. The van der Waals surface area contributed by atoms with E-state index < -0.39 is 0 Å². The number of rotatable bonds is 8. The van der Waals surface area contributed by atoms with Crippen LogP contribution >= 0.6 is 11.6 Å². The van der Waals surface area contributed by atoms with Gasteiger partial charge >= 0.3 is 0 Å². The van der Waals surface area contributed by atoms with E-state index in [4.69, 9.17) is 16.3 Å². The van der Waals surface area contributed by atoms with Gasteiger partial charge in [0.15, 0.2) is 0 Å². The van der Waals surface area contributed by atoms with E-state index in [-0.39, 0.29) is 0 Å². The highest BCUT2D eigenvalue weighted by atomic mass is 35.5. The van der Waals surface area contributed by atoms with Gasteiger partial charge in [0, 0.05) is 11.1 Å². The molecule has 0 aliphatic heterocycles. The molecular formula is C15H24ClNO. The maximum absolute atomic E-state index is 6.34. The Morgan fingerprint density at radius 1 is 1.28 bits per heavy atom. The van der Waals surface area contributed by atoms with Crippen LogP contribution in [0.15, 0.2) is 18.2 Å². The minimum absolute atomic E-state index is 0.350. The maximum atomic E-state index is 6.34. The van der Waals surface area contributed by atoms with E-state index in [1.807, 2.05) is 12.1 Å². The maximum Gasteiger partial charge on any atom is 0.120 e. The Balaban J connectivity index is 2.82. The molecule has 0 fully saturated rings. The highest BCUT2D eigenvalue weighted by Gasteiger charge is 2.14. The van der Waals surface area contributed by atoms with Crippen molar-refractivity contribution in [2.45, 2.75) is 45.6 Å². The lowest BCUT2D eigenvalue weighted by atomic mass is 10.0. The summed E-state index contributed by atoms with van der Waals surface area (Å²) in [7, 11) is 1.66. The second-order valence-electron chi connectivity index (χ2n) is 4.54. The molecule has 0 radical (unpaired) electrons. The quantitative estimate of drug-likeness (QED) is 0.746. The van der Waals surface area contributed by atoms with E-state index in [9.17, 15) is 0 Å². The van der Waals surface area contributed by atoms with Gasteiger partial charge < -0.3 is 10.1 Å². The average molecular weight is 270 g/mol. The normalized spacial score (nSPS) is 12.4. The van der Waals surface area contributed by atoms with Crippen LogP contribution in [0.25, 0.3) is 0 Å². The Hall–Kier alpha value is -0.730. The Labute approximate surface area is 116 Å². The molecule has 102 valence electrons. The molecule has 0 heterocycles. The second kappa shape index (κ2) is 8.39. The fraction of sp³-hybridized carbons (Fsp3) is 0.600. The largest absolute Gasteiger partial charge is 0.497 e. The zero-order chi connectivity index (χ0) is 13.4. The van der Waals surface area contributed by atoms with E-state index in [0.29, 0.717) is 6.04 Å². The van der Waals surface area contributed by atoms with Crippen molar-refractivity contribution in [3.05, 3.63) is 28.8 Å². The van der Waals surface area contributed by atoms with E-state index in [1.165, 1.54) is 18.4 Å². The lowest BCUT2D eigenvalue weighted by Gasteiger charge is -2.20. The van der Waals surface area contributed by atoms with Crippen LogP contribution in [0.4, 0.5) is 0 Å². The third kappa shape index (κ3) is 4.51. The van der Waals surface area contributed by atoms with Crippen molar-refractivity contribution in [1.82, 2.24) is 5.32 Å². The molecule has 0 aliphatic rings. The van der Waals surface area contributed by atoms with Crippen LogP contribution in [0.5, 0.6) is 5.75 Å². The van der Waals surface area contributed by atoms with Crippen LogP contribution < -0.4 is 10.1 Å². The minimum Gasteiger partial charge on any atom is -0.497 e. The fourth-order valence-corrected chi connectivity index (χ4v) is 2.31. The van der Waals surface area contributed by atoms with E-state index in [0.717, 1.165) is 30.2 Å². The standard InChI is InChI=1S/C15H24ClNO/c1-4-6-7-15(17-10-5-2)13-9-8-12(18-3)11-14(13)16/h8-9,11,15,17H,4-7,10H2,1-3H3. The van der Waals surface area contributed by atoms with Crippen LogP contribution in [-0.4, -0.2) is 13.7 Å². The van der Waals surface area contributed by atoms with Gasteiger partial charge in [-0.15, -0.1) is 0 Å². The van der Waals surface area contributed by atoms with Crippen molar-refractivity contribution in [2.24, 2.45) is 0 Å². The van der Waals surface area contributed by atoms with Gasteiger partial charge in [0.1, 0.15) is 5.75 Å². The van der Waals surface area contributed by atoms with Gasteiger partial charge in [0.2, 0.25) is 0 Å². The third-order valence-corrected chi connectivity index (χ3v) is 3.40. The molecule has 1 atom stereocenters. The number of halogens is 1. The van der Waals surface area contributed by atoms with Gasteiger partial charge in [-0.25, -0.2) is 0 Å². The van der Waals surface area contributed by atoms with Gasteiger partial charge in [-0.1, -0.05) is 44.4 Å². The summed E-state index contributed by atoms with van der Waals surface area (Å²) in [6.07, 6.45) is 4.68. The first-order chi connectivity index (χ1) is 8.72. The molecule has 0 spiro atoms. The Morgan fingerprint density at radius 2 is 2.06 bits per heavy atom. The minimum atomic E-state index is 0.350. The highest BCUT2D eigenvalue weighted by Crippen LogP contribution is 2.30. The molecule has 0 bridgehead atoms. The van der Waals surface area contributed by atoms with Gasteiger partial charge in [-0.3, -0.25) is 0 Å².